The first-order chi connectivity index (χ1) is 17.7. The number of nitrogens with zero attached hydrogens (tertiary/aromatic N) is 1. The predicted octanol–water partition coefficient (Wildman–Crippen LogP) is 5.62. The molecule has 2 aromatic rings. The number of ketones is 1. The molecule has 37 heavy (non-hydrogen) atoms. The highest BCUT2D eigenvalue weighted by Gasteiger charge is 2.63. The molecule has 0 spiro atoms. The van der Waals surface area contributed by atoms with Crippen molar-refractivity contribution in [3.63, 3.8) is 0 Å². The minimum atomic E-state index is -0.676. The number of hydrogen-bond acceptors (Lipinski definition) is 4. The van der Waals surface area contributed by atoms with Crippen LogP contribution < -0.4 is 5.32 Å². The Balaban J connectivity index is 1.27. The molecule has 0 radical (unpaired) electrons. The Kier molecular flexibility index (Phi) is 6.67. The minimum Gasteiger partial charge on any atom is -0.508 e. The summed E-state index contributed by atoms with van der Waals surface area (Å²) in [6, 6.07) is 8.85. The maximum Gasteiger partial charge on any atom is 0.220 e. The summed E-state index contributed by atoms with van der Waals surface area (Å²) < 4.78 is 27.0. The molecule has 1 amide bonds. The van der Waals surface area contributed by atoms with Gasteiger partial charge in [-0.1, -0.05) is 19.1 Å². The van der Waals surface area contributed by atoms with E-state index in [1.165, 1.54) is 12.1 Å². The molecule has 0 bridgehead atoms. The van der Waals surface area contributed by atoms with Gasteiger partial charge < -0.3 is 10.4 Å². The number of aliphatic imine (C=N–C) groups is 1. The van der Waals surface area contributed by atoms with Crippen molar-refractivity contribution in [2.45, 2.75) is 70.4 Å². The zero-order chi connectivity index (χ0) is 26.4. The number of rotatable bonds is 7. The minimum absolute atomic E-state index is 0.0120. The van der Waals surface area contributed by atoms with E-state index in [2.05, 4.69) is 19.0 Å². The van der Waals surface area contributed by atoms with Crippen LogP contribution in [0.2, 0.25) is 0 Å². The molecule has 0 aromatic heterocycles. The van der Waals surface area contributed by atoms with Crippen LogP contribution in [-0.4, -0.2) is 23.5 Å². The van der Waals surface area contributed by atoms with Crippen LogP contribution in [0.4, 0.5) is 8.78 Å². The lowest BCUT2D eigenvalue weighted by atomic mass is 9.51. The fraction of sp³-hybridized carbons (Fsp3) is 0.500. The van der Waals surface area contributed by atoms with Crippen LogP contribution in [0.5, 0.6) is 5.75 Å². The first kappa shape index (κ1) is 25.6. The van der Waals surface area contributed by atoms with Gasteiger partial charge in [0.05, 0.1) is 5.54 Å². The maximum atomic E-state index is 13.8. The summed E-state index contributed by atoms with van der Waals surface area (Å²) in [7, 11) is 0. The summed E-state index contributed by atoms with van der Waals surface area (Å²) in [5.41, 5.74) is 1.64. The number of carbonyl (C=O) groups excluding carboxylic acids is 2. The van der Waals surface area contributed by atoms with E-state index in [0.717, 1.165) is 49.3 Å². The van der Waals surface area contributed by atoms with Crippen molar-refractivity contribution in [1.29, 1.82) is 0 Å². The van der Waals surface area contributed by atoms with Crippen molar-refractivity contribution in [3.05, 3.63) is 64.7 Å². The number of nitrogens with one attached hydrogen (secondary N) is 1. The molecule has 2 saturated carbocycles. The average Bonchev–Trinajstić information content (AvgIpc) is 3.12. The lowest BCUT2D eigenvalue weighted by molar-refractivity contribution is -0.131. The highest BCUT2D eigenvalue weighted by atomic mass is 19.1. The summed E-state index contributed by atoms with van der Waals surface area (Å²) in [4.78, 5) is 30.5. The van der Waals surface area contributed by atoms with Crippen LogP contribution in [0, 0.1) is 34.8 Å². The Labute approximate surface area is 216 Å². The molecule has 7 heteroatoms. The number of hydrogen-bond donors (Lipinski definition) is 2. The van der Waals surface area contributed by atoms with Gasteiger partial charge in [0.2, 0.25) is 5.91 Å². The summed E-state index contributed by atoms with van der Waals surface area (Å²) >= 11 is 0. The highest BCUT2D eigenvalue weighted by Crippen LogP contribution is 2.64. The van der Waals surface area contributed by atoms with Gasteiger partial charge in [0.25, 0.3) is 0 Å². The number of benzene rings is 2. The molecule has 0 aliphatic heterocycles. The van der Waals surface area contributed by atoms with Crippen LogP contribution >= 0.6 is 0 Å². The zero-order valence-electron chi connectivity index (χ0n) is 21.2. The SMILES string of the molecule is C=N[C@]12CCC3(C)C(=O)C[C@@H](CCCC(=O)NCc4ccc(F)cc4F)C3[C@@H]1CCc1cc(O)ccc12. The molecular weight excluding hydrogens is 474 g/mol. The van der Waals surface area contributed by atoms with Gasteiger partial charge in [-0.25, -0.2) is 8.78 Å². The van der Waals surface area contributed by atoms with Gasteiger partial charge in [0.15, 0.2) is 0 Å². The lowest BCUT2D eigenvalue weighted by Gasteiger charge is -2.55. The van der Waals surface area contributed by atoms with Crippen LogP contribution in [0.25, 0.3) is 0 Å². The maximum absolute atomic E-state index is 13.8. The number of phenols is 1. The number of fused-ring (bicyclic) bond motifs is 5. The fourth-order valence-electron chi connectivity index (χ4n) is 7.62. The third-order valence-corrected chi connectivity index (χ3v) is 9.43. The van der Waals surface area contributed by atoms with Crippen LogP contribution in [-0.2, 0) is 28.1 Å². The average molecular weight is 509 g/mol. The summed E-state index contributed by atoms with van der Waals surface area (Å²) in [5, 5.41) is 12.7. The van der Waals surface area contributed by atoms with Gasteiger partial charge in [-0.05, 0) is 92.3 Å². The van der Waals surface area contributed by atoms with E-state index in [0.29, 0.717) is 18.6 Å². The van der Waals surface area contributed by atoms with E-state index in [-0.39, 0.29) is 53.4 Å². The van der Waals surface area contributed by atoms with Crippen LogP contribution in [0.1, 0.15) is 68.6 Å². The van der Waals surface area contributed by atoms with Gasteiger partial charge >= 0.3 is 0 Å². The van der Waals surface area contributed by atoms with Crippen LogP contribution in [0.15, 0.2) is 41.4 Å². The molecule has 0 heterocycles. The van der Waals surface area contributed by atoms with Crippen molar-refractivity contribution < 1.29 is 23.5 Å². The Morgan fingerprint density at radius 1 is 1.22 bits per heavy atom. The van der Waals surface area contributed by atoms with E-state index >= 15 is 0 Å². The number of Topliss-reactive ketones (excluding diaryl/α,β-unsaturated/α-hetero) is 1. The molecule has 3 aliphatic rings. The van der Waals surface area contributed by atoms with Crippen molar-refractivity contribution in [2.75, 3.05) is 0 Å². The molecular formula is C30H34F2N2O3. The Hall–Kier alpha value is -3.09. The number of amides is 1. The normalized spacial score (nSPS) is 30.2. The molecule has 2 N–H and O–H groups in total. The molecule has 2 fully saturated rings. The summed E-state index contributed by atoms with van der Waals surface area (Å²) in [6.45, 7) is 6.13. The number of halogens is 2. The molecule has 196 valence electrons. The highest BCUT2D eigenvalue weighted by molar-refractivity contribution is 5.88. The van der Waals surface area contributed by atoms with E-state index in [9.17, 15) is 23.5 Å². The first-order valence-corrected chi connectivity index (χ1v) is 13.2. The van der Waals surface area contributed by atoms with Crippen molar-refractivity contribution >= 4 is 18.4 Å². The second-order valence-electron chi connectivity index (χ2n) is 11.3. The largest absolute Gasteiger partial charge is 0.508 e. The van der Waals surface area contributed by atoms with Crippen LogP contribution in [0.3, 0.4) is 0 Å². The molecule has 3 aliphatic carbocycles. The third-order valence-electron chi connectivity index (χ3n) is 9.43. The van der Waals surface area contributed by atoms with E-state index in [1.807, 2.05) is 12.1 Å². The molecule has 5 rings (SSSR count). The van der Waals surface area contributed by atoms with Gasteiger partial charge in [0.1, 0.15) is 23.2 Å². The second-order valence-corrected chi connectivity index (χ2v) is 11.3. The monoisotopic (exact) mass is 508 g/mol. The van der Waals surface area contributed by atoms with Gasteiger partial charge in [0, 0.05) is 36.4 Å². The number of aromatic hydroxyl groups is 1. The molecule has 5 nitrogen and oxygen atoms in total. The smallest absolute Gasteiger partial charge is 0.220 e. The Morgan fingerprint density at radius 2 is 2.03 bits per heavy atom. The Morgan fingerprint density at radius 3 is 2.78 bits per heavy atom. The number of carbonyl (C=O) groups is 2. The van der Waals surface area contributed by atoms with Crippen molar-refractivity contribution in [2.24, 2.45) is 28.2 Å². The molecule has 5 atom stereocenters. The molecule has 2 aromatic carbocycles. The van der Waals surface area contributed by atoms with Gasteiger partial charge in [-0.2, -0.15) is 0 Å². The van der Waals surface area contributed by atoms with Gasteiger partial charge in [-0.3, -0.25) is 14.6 Å². The van der Waals surface area contributed by atoms with Crippen molar-refractivity contribution in [1.82, 2.24) is 5.32 Å². The topological polar surface area (TPSA) is 78.8 Å². The quantitative estimate of drug-likeness (QED) is 0.477. The number of phenolic OH excluding ortho intramolecular Hbond substituents is 1. The second kappa shape index (κ2) is 9.66. The fourth-order valence-corrected chi connectivity index (χ4v) is 7.62. The zero-order valence-corrected chi connectivity index (χ0v) is 21.2. The van der Waals surface area contributed by atoms with Gasteiger partial charge in [-0.15, -0.1) is 0 Å². The predicted molar refractivity (Wildman–Crippen MR) is 137 cm³/mol. The molecule has 2 unspecified atom stereocenters. The third kappa shape index (κ3) is 4.36. The lowest BCUT2D eigenvalue weighted by Crippen LogP contribution is -2.52. The molecule has 0 saturated heterocycles. The van der Waals surface area contributed by atoms with Crippen molar-refractivity contribution in [3.8, 4) is 5.75 Å². The summed E-state index contributed by atoms with van der Waals surface area (Å²) in [6.07, 6.45) is 5.46. The Bertz CT molecular complexity index is 1250. The van der Waals surface area contributed by atoms with E-state index in [1.54, 1.807) is 6.07 Å². The summed E-state index contributed by atoms with van der Waals surface area (Å²) in [5.74, 6) is -0.420. The standard InChI is InChI=1S/C30H34F2N2O3/c1-29-12-13-30(33-2)23-11-9-22(35)14-18(23)7-10-24(30)28(29)19(15-26(29)36)4-3-5-27(37)34-17-20-6-8-21(31)16-25(20)32/h6,8-9,11,14,16,19,24,28,35H,2-5,7,10,12-13,15,17H2,1H3,(H,34,37)/t19-,24+,28?,29?,30+/m1/s1. The first-order valence-electron chi connectivity index (χ1n) is 13.2. The van der Waals surface area contributed by atoms with E-state index < -0.39 is 17.2 Å². The number of aryl methyl sites for hydroxylation is 1. The van der Waals surface area contributed by atoms with E-state index in [4.69, 9.17) is 4.99 Å².